The highest BCUT2D eigenvalue weighted by molar-refractivity contribution is 9.10. The number of hydrogen-bond donors (Lipinski definition) is 1. The SMILES string of the molecule is O=c1[nH]c(=O)n(Cc2cccc(Br)c2)cc1S(=O)(=O)Cl. The summed E-state index contributed by atoms with van der Waals surface area (Å²) in [6.45, 7) is 0.106. The molecule has 0 radical (unpaired) electrons. The van der Waals surface area contributed by atoms with Crippen LogP contribution >= 0.6 is 26.6 Å². The van der Waals surface area contributed by atoms with Crippen LogP contribution in [0.1, 0.15) is 5.56 Å². The summed E-state index contributed by atoms with van der Waals surface area (Å²) in [5, 5.41) is 0. The number of rotatable bonds is 3. The van der Waals surface area contributed by atoms with Crippen molar-refractivity contribution in [3.8, 4) is 0 Å². The number of H-pyrrole nitrogens is 1. The third kappa shape index (κ3) is 3.38. The molecule has 1 aromatic heterocycles. The summed E-state index contributed by atoms with van der Waals surface area (Å²) in [6, 6.07) is 7.12. The van der Waals surface area contributed by atoms with E-state index in [1.807, 2.05) is 11.1 Å². The lowest BCUT2D eigenvalue weighted by Crippen LogP contribution is -2.32. The summed E-state index contributed by atoms with van der Waals surface area (Å²) in [7, 11) is 0.932. The van der Waals surface area contributed by atoms with Crippen LogP contribution in [-0.2, 0) is 15.6 Å². The van der Waals surface area contributed by atoms with Crippen LogP contribution in [0, 0.1) is 0 Å². The lowest BCUT2D eigenvalue weighted by Gasteiger charge is -2.06. The predicted molar refractivity (Wildman–Crippen MR) is 77.6 cm³/mol. The zero-order chi connectivity index (χ0) is 14.9. The van der Waals surface area contributed by atoms with Gasteiger partial charge in [-0.15, -0.1) is 0 Å². The molecule has 0 saturated heterocycles. The minimum Gasteiger partial charge on any atom is -0.295 e. The van der Waals surface area contributed by atoms with Gasteiger partial charge in [0, 0.05) is 21.4 Å². The quantitative estimate of drug-likeness (QED) is 0.814. The minimum absolute atomic E-state index is 0.106. The Morgan fingerprint density at radius 2 is 2.00 bits per heavy atom. The average Bonchev–Trinajstić information content (AvgIpc) is 2.31. The Morgan fingerprint density at radius 1 is 1.30 bits per heavy atom. The molecule has 2 rings (SSSR count). The predicted octanol–water partition coefficient (Wildman–Crippen LogP) is 1.27. The maximum Gasteiger partial charge on any atom is 0.328 e. The Morgan fingerprint density at radius 3 is 2.60 bits per heavy atom. The van der Waals surface area contributed by atoms with Gasteiger partial charge in [-0.05, 0) is 17.7 Å². The molecular weight excluding hydrogens is 372 g/mol. The van der Waals surface area contributed by atoms with Crippen molar-refractivity contribution in [1.82, 2.24) is 9.55 Å². The van der Waals surface area contributed by atoms with E-state index < -0.39 is 25.2 Å². The third-order valence-electron chi connectivity index (χ3n) is 2.48. The molecule has 1 N–H and O–H groups in total. The van der Waals surface area contributed by atoms with E-state index in [0.29, 0.717) is 0 Å². The number of benzene rings is 1. The molecule has 0 amide bonds. The normalized spacial score (nSPS) is 11.5. The first-order valence-corrected chi connectivity index (χ1v) is 8.40. The molecule has 0 spiro atoms. The molecule has 20 heavy (non-hydrogen) atoms. The number of halogens is 2. The highest BCUT2D eigenvalue weighted by Crippen LogP contribution is 2.13. The van der Waals surface area contributed by atoms with Gasteiger partial charge in [-0.1, -0.05) is 28.1 Å². The van der Waals surface area contributed by atoms with Gasteiger partial charge in [0.25, 0.3) is 14.6 Å². The van der Waals surface area contributed by atoms with Crippen molar-refractivity contribution in [1.29, 1.82) is 0 Å². The zero-order valence-corrected chi connectivity index (χ0v) is 13.0. The van der Waals surface area contributed by atoms with E-state index in [-0.39, 0.29) is 6.54 Å². The van der Waals surface area contributed by atoms with Gasteiger partial charge in [-0.2, -0.15) is 0 Å². The van der Waals surface area contributed by atoms with Gasteiger partial charge in [0.1, 0.15) is 0 Å². The summed E-state index contributed by atoms with van der Waals surface area (Å²) < 4.78 is 24.4. The summed E-state index contributed by atoms with van der Waals surface area (Å²) in [5.41, 5.74) is -0.985. The van der Waals surface area contributed by atoms with Gasteiger partial charge in [0.05, 0.1) is 6.54 Å². The highest BCUT2D eigenvalue weighted by atomic mass is 79.9. The zero-order valence-electron chi connectivity index (χ0n) is 9.84. The third-order valence-corrected chi connectivity index (χ3v) is 4.29. The molecule has 0 aliphatic heterocycles. The molecule has 0 saturated carbocycles. The minimum atomic E-state index is -4.21. The molecular formula is C11H8BrClN2O4S. The second-order valence-corrected chi connectivity index (χ2v) is 7.40. The van der Waals surface area contributed by atoms with Crippen molar-refractivity contribution in [2.45, 2.75) is 11.4 Å². The average molecular weight is 380 g/mol. The Balaban J connectivity index is 2.53. The maximum atomic E-state index is 11.7. The Labute approximate surface area is 126 Å². The van der Waals surface area contributed by atoms with Crippen molar-refractivity contribution < 1.29 is 8.42 Å². The van der Waals surface area contributed by atoms with Crippen LogP contribution in [0.15, 0.2) is 49.4 Å². The maximum absolute atomic E-state index is 11.7. The molecule has 1 heterocycles. The largest absolute Gasteiger partial charge is 0.328 e. The van der Waals surface area contributed by atoms with Crippen molar-refractivity contribution in [2.75, 3.05) is 0 Å². The second kappa shape index (κ2) is 5.55. The molecule has 1 aromatic carbocycles. The van der Waals surface area contributed by atoms with Crippen LogP contribution in [0.4, 0.5) is 0 Å². The Bertz CT molecular complexity index is 872. The number of aromatic amines is 1. The van der Waals surface area contributed by atoms with Gasteiger partial charge >= 0.3 is 5.69 Å². The van der Waals surface area contributed by atoms with Crippen molar-refractivity contribution in [3.05, 3.63) is 61.3 Å². The second-order valence-electron chi connectivity index (χ2n) is 3.95. The first-order chi connectivity index (χ1) is 9.27. The van der Waals surface area contributed by atoms with E-state index in [4.69, 9.17) is 10.7 Å². The van der Waals surface area contributed by atoms with E-state index in [0.717, 1.165) is 20.8 Å². The Kier molecular flexibility index (Phi) is 4.17. The van der Waals surface area contributed by atoms with Gasteiger partial charge in [-0.3, -0.25) is 14.3 Å². The van der Waals surface area contributed by atoms with E-state index in [1.165, 1.54) is 0 Å². The number of hydrogen-bond acceptors (Lipinski definition) is 4. The highest BCUT2D eigenvalue weighted by Gasteiger charge is 2.17. The summed E-state index contributed by atoms with van der Waals surface area (Å²) in [5.74, 6) is 0. The van der Waals surface area contributed by atoms with Crippen molar-refractivity contribution in [3.63, 3.8) is 0 Å². The van der Waals surface area contributed by atoms with Crippen LogP contribution in [0.2, 0.25) is 0 Å². The summed E-state index contributed by atoms with van der Waals surface area (Å²) in [6.07, 6.45) is 0.935. The lowest BCUT2D eigenvalue weighted by atomic mass is 10.2. The van der Waals surface area contributed by atoms with Gasteiger partial charge < -0.3 is 0 Å². The first-order valence-electron chi connectivity index (χ1n) is 5.30. The number of nitrogens with one attached hydrogen (secondary N) is 1. The van der Waals surface area contributed by atoms with Crippen LogP contribution in [0.3, 0.4) is 0 Å². The fourth-order valence-corrected chi connectivity index (χ4v) is 2.91. The molecule has 0 atom stereocenters. The van der Waals surface area contributed by atoms with Crippen LogP contribution in [-0.4, -0.2) is 18.0 Å². The van der Waals surface area contributed by atoms with Gasteiger partial charge in [-0.25, -0.2) is 13.2 Å². The molecule has 0 aliphatic carbocycles. The Hall–Kier alpha value is -1.38. The fourth-order valence-electron chi connectivity index (χ4n) is 1.61. The van der Waals surface area contributed by atoms with E-state index in [9.17, 15) is 18.0 Å². The van der Waals surface area contributed by atoms with Crippen molar-refractivity contribution in [2.24, 2.45) is 0 Å². The van der Waals surface area contributed by atoms with Crippen molar-refractivity contribution >= 4 is 35.7 Å². The number of nitrogens with zero attached hydrogens (tertiary/aromatic N) is 1. The molecule has 9 heteroatoms. The molecule has 0 aliphatic rings. The molecule has 0 bridgehead atoms. The molecule has 0 unspecified atom stereocenters. The lowest BCUT2D eigenvalue weighted by molar-refractivity contribution is 0.603. The van der Waals surface area contributed by atoms with E-state index in [2.05, 4.69) is 15.9 Å². The van der Waals surface area contributed by atoms with Crippen LogP contribution in [0.25, 0.3) is 0 Å². The van der Waals surface area contributed by atoms with Crippen LogP contribution in [0.5, 0.6) is 0 Å². The number of aromatic nitrogens is 2. The monoisotopic (exact) mass is 378 g/mol. The molecule has 2 aromatic rings. The van der Waals surface area contributed by atoms with E-state index in [1.54, 1.807) is 18.2 Å². The smallest absolute Gasteiger partial charge is 0.295 e. The molecule has 6 nitrogen and oxygen atoms in total. The van der Waals surface area contributed by atoms with Gasteiger partial charge in [0.15, 0.2) is 4.90 Å². The summed E-state index contributed by atoms with van der Waals surface area (Å²) in [4.78, 5) is 24.3. The summed E-state index contributed by atoms with van der Waals surface area (Å²) >= 11 is 3.29. The van der Waals surface area contributed by atoms with Gasteiger partial charge in [0.2, 0.25) is 0 Å². The first kappa shape index (κ1) is 15.0. The standard InChI is InChI=1S/C11H8BrClN2O4S/c12-8-3-1-2-7(4-8)5-15-6-9(20(13,18)19)10(16)14-11(15)17/h1-4,6H,5H2,(H,14,16,17). The topological polar surface area (TPSA) is 89.0 Å². The van der Waals surface area contributed by atoms with Crippen LogP contribution < -0.4 is 11.2 Å². The molecule has 0 fully saturated rings. The fraction of sp³-hybridized carbons (Fsp3) is 0.0909. The van der Waals surface area contributed by atoms with E-state index >= 15 is 0 Å². The molecule has 106 valence electrons.